The molecule has 2 aliphatic rings. The molecule has 0 saturated carbocycles. The Morgan fingerprint density at radius 3 is 3.05 bits per heavy atom. The van der Waals surface area contributed by atoms with Gasteiger partial charge in [-0.15, -0.1) is 0 Å². The number of nitrogens with zero attached hydrogens (tertiary/aromatic N) is 2. The lowest BCUT2D eigenvalue weighted by Crippen LogP contribution is -2.47. The predicted octanol–water partition coefficient (Wildman–Crippen LogP) is 1.81. The molecule has 3 unspecified atom stereocenters. The van der Waals surface area contributed by atoms with Gasteiger partial charge < -0.3 is 15.4 Å². The number of aromatic nitrogens is 1. The molecule has 5 nitrogen and oxygen atoms in total. The summed E-state index contributed by atoms with van der Waals surface area (Å²) in [5.74, 6) is 0.912. The van der Waals surface area contributed by atoms with Crippen molar-refractivity contribution in [3.63, 3.8) is 0 Å². The molecule has 3 atom stereocenters. The van der Waals surface area contributed by atoms with Gasteiger partial charge in [-0.05, 0) is 56.7 Å². The fraction of sp³-hybridized carbons (Fsp3) is 0.647. The summed E-state index contributed by atoms with van der Waals surface area (Å²) in [5, 5.41) is 6.89. The van der Waals surface area contributed by atoms with Gasteiger partial charge in [-0.25, -0.2) is 0 Å². The maximum atomic E-state index is 5.90. The third-order valence-corrected chi connectivity index (χ3v) is 4.56. The lowest BCUT2D eigenvalue weighted by atomic mass is 9.96. The lowest BCUT2D eigenvalue weighted by molar-refractivity contribution is 0.0992. The fourth-order valence-electron chi connectivity index (χ4n) is 3.36. The van der Waals surface area contributed by atoms with E-state index in [1.807, 2.05) is 12.4 Å². The van der Waals surface area contributed by atoms with Crippen molar-refractivity contribution in [3.8, 4) is 0 Å². The summed E-state index contributed by atoms with van der Waals surface area (Å²) in [7, 11) is 0. The van der Waals surface area contributed by atoms with Gasteiger partial charge in [0.25, 0.3) is 0 Å². The predicted molar refractivity (Wildman–Crippen MR) is 88.1 cm³/mol. The Bertz CT molecular complexity index is 531. The quantitative estimate of drug-likeness (QED) is 0.643. The number of pyridine rings is 1. The van der Waals surface area contributed by atoms with Crippen LogP contribution in [0.2, 0.25) is 0 Å². The maximum Gasteiger partial charge on any atom is 0.191 e. The van der Waals surface area contributed by atoms with Gasteiger partial charge in [0, 0.05) is 25.5 Å². The molecule has 0 aromatic carbocycles. The van der Waals surface area contributed by atoms with E-state index in [1.54, 1.807) is 0 Å². The molecule has 0 radical (unpaired) electrons. The van der Waals surface area contributed by atoms with Gasteiger partial charge in [-0.1, -0.05) is 0 Å². The third-order valence-electron chi connectivity index (χ3n) is 4.56. The highest BCUT2D eigenvalue weighted by Gasteiger charge is 2.41. The van der Waals surface area contributed by atoms with E-state index >= 15 is 0 Å². The van der Waals surface area contributed by atoms with Crippen LogP contribution >= 0.6 is 0 Å². The number of guanidine groups is 1. The molecular weight excluding hydrogens is 276 g/mol. The molecule has 0 aliphatic carbocycles. The molecule has 0 spiro atoms. The minimum absolute atomic E-state index is 0.372. The Balaban J connectivity index is 1.55. The zero-order valence-electron chi connectivity index (χ0n) is 13.5. The van der Waals surface area contributed by atoms with Gasteiger partial charge in [0.15, 0.2) is 5.96 Å². The highest BCUT2D eigenvalue weighted by atomic mass is 16.5. The van der Waals surface area contributed by atoms with Gasteiger partial charge in [-0.3, -0.25) is 9.98 Å². The number of hydrogen-bond donors (Lipinski definition) is 2. The molecule has 0 amide bonds. The van der Waals surface area contributed by atoms with Crippen LogP contribution in [0.25, 0.3) is 0 Å². The minimum atomic E-state index is 0.372. The smallest absolute Gasteiger partial charge is 0.191 e. The Morgan fingerprint density at radius 1 is 1.45 bits per heavy atom. The second-order valence-electron chi connectivity index (χ2n) is 6.17. The number of rotatable bonds is 5. The van der Waals surface area contributed by atoms with Crippen molar-refractivity contribution in [1.82, 2.24) is 15.6 Å². The van der Waals surface area contributed by atoms with Crippen molar-refractivity contribution in [2.45, 2.75) is 57.8 Å². The summed E-state index contributed by atoms with van der Waals surface area (Å²) >= 11 is 0. The second kappa shape index (κ2) is 7.09. The molecule has 22 heavy (non-hydrogen) atoms. The average molecular weight is 302 g/mol. The van der Waals surface area contributed by atoms with E-state index in [0.29, 0.717) is 18.2 Å². The molecule has 2 aliphatic heterocycles. The fourth-order valence-corrected chi connectivity index (χ4v) is 3.36. The first kappa shape index (κ1) is 15.3. The van der Waals surface area contributed by atoms with Crippen LogP contribution < -0.4 is 10.6 Å². The van der Waals surface area contributed by atoms with Crippen LogP contribution in [0.5, 0.6) is 0 Å². The Kier molecular flexibility index (Phi) is 4.93. The van der Waals surface area contributed by atoms with Crippen molar-refractivity contribution in [2.24, 2.45) is 4.99 Å². The number of aryl methyl sites for hydroxylation is 1. The lowest BCUT2D eigenvalue weighted by Gasteiger charge is -2.22. The highest BCUT2D eigenvalue weighted by molar-refractivity contribution is 5.80. The first-order valence-electron chi connectivity index (χ1n) is 8.36. The van der Waals surface area contributed by atoms with Crippen LogP contribution in [-0.4, -0.2) is 42.3 Å². The van der Waals surface area contributed by atoms with Crippen LogP contribution in [-0.2, 0) is 11.2 Å². The number of aliphatic imine (C=N–C) groups is 1. The number of nitrogens with one attached hydrogen (secondary N) is 2. The van der Waals surface area contributed by atoms with E-state index in [-0.39, 0.29) is 0 Å². The van der Waals surface area contributed by atoms with Gasteiger partial charge in [0.1, 0.15) is 0 Å². The SMILES string of the molecule is CCNC(=NCCc1ccncc1C)NC1CC2CCC1O2. The monoisotopic (exact) mass is 302 g/mol. The summed E-state index contributed by atoms with van der Waals surface area (Å²) in [5.41, 5.74) is 2.55. The summed E-state index contributed by atoms with van der Waals surface area (Å²) < 4.78 is 5.90. The second-order valence-corrected chi connectivity index (χ2v) is 6.17. The van der Waals surface area contributed by atoms with E-state index in [9.17, 15) is 0 Å². The van der Waals surface area contributed by atoms with Crippen molar-refractivity contribution >= 4 is 5.96 Å². The van der Waals surface area contributed by atoms with E-state index < -0.39 is 0 Å². The van der Waals surface area contributed by atoms with Crippen LogP contribution in [0.1, 0.15) is 37.3 Å². The molecular formula is C17H26N4O. The van der Waals surface area contributed by atoms with Crippen molar-refractivity contribution in [1.29, 1.82) is 0 Å². The molecule has 1 aromatic rings. The average Bonchev–Trinajstić information content (AvgIpc) is 3.12. The first-order valence-corrected chi connectivity index (χ1v) is 8.36. The van der Waals surface area contributed by atoms with Crippen LogP contribution in [0.15, 0.2) is 23.5 Å². The van der Waals surface area contributed by atoms with Crippen molar-refractivity contribution < 1.29 is 4.74 Å². The third kappa shape index (κ3) is 3.58. The standard InChI is InChI=1S/C17H26N4O/c1-3-19-17(21-15-10-14-4-5-16(15)22-14)20-9-7-13-6-8-18-11-12(13)2/h6,8,11,14-16H,3-5,7,9-10H2,1-2H3,(H2,19,20,21). The van der Waals surface area contributed by atoms with Crippen molar-refractivity contribution in [3.05, 3.63) is 29.6 Å². The van der Waals surface area contributed by atoms with E-state index in [1.165, 1.54) is 24.0 Å². The zero-order chi connectivity index (χ0) is 15.4. The Labute approximate surface area is 132 Å². The number of ether oxygens (including phenoxy) is 1. The summed E-state index contributed by atoms with van der Waals surface area (Å²) in [4.78, 5) is 8.85. The number of fused-ring (bicyclic) bond motifs is 2. The molecule has 1 aromatic heterocycles. The summed E-state index contributed by atoms with van der Waals surface area (Å²) in [6.07, 6.45) is 9.05. The Hall–Kier alpha value is -1.62. The minimum Gasteiger partial charge on any atom is -0.373 e. The van der Waals surface area contributed by atoms with Crippen LogP contribution in [0.4, 0.5) is 0 Å². The molecule has 3 heterocycles. The van der Waals surface area contributed by atoms with Gasteiger partial charge in [0.05, 0.1) is 18.2 Å². The topological polar surface area (TPSA) is 58.5 Å². The maximum absolute atomic E-state index is 5.90. The first-order chi connectivity index (χ1) is 10.8. The van der Waals surface area contributed by atoms with E-state index in [2.05, 4.69) is 35.5 Å². The van der Waals surface area contributed by atoms with Crippen molar-refractivity contribution in [2.75, 3.05) is 13.1 Å². The van der Waals surface area contributed by atoms with Crippen LogP contribution in [0, 0.1) is 6.92 Å². The van der Waals surface area contributed by atoms with Crippen LogP contribution in [0.3, 0.4) is 0 Å². The summed E-state index contributed by atoms with van der Waals surface area (Å²) in [6.45, 7) is 5.85. The summed E-state index contributed by atoms with van der Waals surface area (Å²) in [6, 6.07) is 2.49. The molecule has 2 bridgehead atoms. The molecule has 3 rings (SSSR count). The molecule has 120 valence electrons. The Morgan fingerprint density at radius 2 is 2.36 bits per heavy atom. The molecule has 5 heteroatoms. The van der Waals surface area contributed by atoms with Gasteiger partial charge >= 0.3 is 0 Å². The molecule has 2 fully saturated rings. The molecule has 2 saturated heterocycles. The van der Waals surface area contributed by atoms with Gasteiger partial charge in [-0.2, -0.15) is 0 Å². The van der Waals surface area contributed by atoms with Gasteiger partial charge in [0.2, 0.25) is 0 Å². The van der Waals surface area contributed by atoms with E-state index in [0.717, 1.165) is 31.9 Å². The largest absolute Gasteiger partial charge is 0.373 e. The normalized spacial score (nSPS) is 27.2. The molecule has 2 N–H and O–H groups in total. The number of hydrogen-bond acceptors (Lipinski definition) is 3. The zero-order valence-corrected chi connectivity index (χ0v) is 13.5. The van der Waals surface area contributed by atoms with E-state index in [4.69, 9.17) is 9.73 Å². The highest BCUT2D eigenvalue weighted by Crippen LogP contribution is 2.34.